The van der Waals surface area contributed by atoms with Gasteiger partial charge in [0, 0.05) is 42.8 Å². The summed E-state index contributed by atoms with van der Waals surface area (Å²) in [5.74, 6) is 0.663. The second-order valence-corrected chi connectivity index (χ2v) is 9.68. The summed E-state index contributed by atoms with van der Waals surface area (Å²) in [6.45, 7) is 1.24. The Labute approximate surface area is 178 Å². The standard InChI is InChI=1S/C19H22BrN3O5S/c1-21(13-14-11-15(20)5-8-19(14)28-2)17-7-6-16(12-18(17)23(24)25)29(26,27)22-9-3-4-10-22/h5-8,11-12H,3-4,9-10,13H2,1-2H3. The number of sulfonamides is 1. The summed E-state index contributed by atoms with van der Waals surface area (Å²) in [5, 5.41) is 11.7. The first-order valence-electron chi connectivity index (χ1n) is 9.06. The van der Waals surface area contributed by atoms with Crippen LogP contribution in [0.4, 0.5) is 11.4 Å². The van der Waals surface area contributed by atoms with Gasteiger partial charge in [0.05, 0.1) is 16.9 Å². The van der Waals surface area contributed by atoms with Crippen LogP contribution in [-0.2, 0) is 16.6 Å². The van der Waals surface area contributed by atoms with Crippen molar-refractivity contribution in [2.45, 2.75) is 24.3 Å². The molecular formula is C19H22BrN3O5S. The highest BCUT2D eigenvalue weighted by molar-refractivity contribution is 9.10. The third-order valence-electron chi connectivity index (χ3n) is 4.91. The first kappa shape index (κ1) is 21.5. The van der Waals surface area contributed by atoms with Crippen LogP contribution in [0, 0.1) is 10.1 Å². The molecule has 156 valence electrons. The van der Waals surface area contributed by atoms with Crippen LogP contribution in [0.1, 0.15) is 18.4 Å². The molecule has 29 heavy (non-hydrogen) atoms. The fourth-order valence-corrected chi connectivity index (χ4v) is 5.37. The Morgan fingerprint density at radius 1 is 1.21 bits per heavy atom. The molecular weight excluding hydrogens is 462 g/mol. The number of hydrogen-bond acceptors (Lipinski definition) is 6. The molecule has 0 spiro atoms. The van der Waals surface area contributed by atoms with Gasteiger partial charge in [-0.15, -0.1) is 0 Å². The molecule has 1 fully saturated rings. The van der Waals surface area contributed by atoms with Gasteiger partial charge in [-0.2, -0.15) is 4.31 Å². The molecule has 10 heteroatoms. The van der Waals surface area contributed by atoms with Crippen LogP contribution >= 0.6 is 15.9 Å². The number of rotatable bonds is 7. The van der Waals surface area contributed by atoms with Crippen LogP contribution in [0.5, 0.6) is 5.75 Å². The van der Waals surface area contributed by atoms with Crippen LogP contribution in [-0.4, -0.2) is 44.9 Å². The van der Waals surface area contributed by atoms with Gasteiger partial charge in [0.2, 0.25) is 10.0 Å². The minimum absolute atomic E-state index is 0.0525. The predicted octanol–water partition coefficient (Wildman–Crippen LogP) is 3.79. The van der Waals surface area contributed by atoms with E-state index >= 15 is 0 Å². The first-order chi connectivity index (χ1) is 13.7. The van der Waals surface area contributed by atoms with Gasteiger partial charge in [0.1, 0.15) is 11.4 Å². The molecule has 0 bridgehead atoms. The van der Waals surface area contributed by atoms with Gasteiger partial charge < -0.3 is 9.64 Å². The fourth-order valence-electron chi connectivity index (χ4n) is 3.42. The SMILES string of the molecule is COc1ccc(Br)cc1CN(C)c1ccc(S(=O)(=O)N2CCCC2)cc1[N+](=O)[O-]. The van der Waals surface area contributed by atoms with E-state index in [1.807, 2.05) is 18.2 Å². The predicted molar refractivity (Wildman–Crippen MR) is 114 cm³/mol. The second-order valence-electron chi connectivity index (χ2n) is 6.83. The lowest BCUT2D eigenvalue weighted by molar-refractivity contribution is -0.384. The maximum atomic E-state index is 12.8. The lowest BCUT2D eigenvalue weighted by atomic mass is 10.1. The van der Waals surface area contributed by atoms with Crippen LogP contribution in [0.3, 0.4) is 0 Å². The molecule has 2 aromatic carbocycles. The third kappa shape index (κ3) is 4.54. The Kier molecular flexibility index (Phi) is 6.45. The molecule has 0 atom stereocenters. The van der Waals surface area contributed by atoms with E-state index < -0.39 is 14.9 Å². The molecule has 0 amide bonds. The topological polar surface area (TPSA) is 93.0 Å². The van der Waals surface area contributed by atoms with Crippen molar-refractivity contribution in [1.29, 1.82) is 0 Å². The second kappa shape index (κ2) is 8.68. The van der Waals surface area contributed by atoms with E-state index in [1.54, 1.807) is 19.1 Å². The molecule has 0 unspecified atom stereocenters. The number of methoxy groups -OCH3 is 1. The summed E-state index contributed by atoms with van der Waals surface area (Å²) in [5.41, 5.74) is 0.923. The molecule has 0 radical (unpaired) electrons. The zero-order chi connectivity index (χ0) is 21.2. The number of nitro groups is 1. The summed E-state index contributed by atoms with van der Waals surface area (Å²) in [4.78, 5) is 12.8. The molecule has 0 aromatic heterocycles. The number of hydrogen-bond donors (Lipinski definition) is 0. The molecule has 3 rings (SSSR count). The molecule has 8 nitrogen and oxygen atoms in total. The van der Waals surface area contributed by atoms with Crippen molar-refractivity contribution in [3.05, 3.63) is 56.5 Å². The van der Waals surface area contributed by atoms with Crippen molar-refractivity contribution in [3.63, 3.8) is 0 Å². The summed E-state index contributed by atoms with van der Waals surface area (Å²) in [6.07, 6.45) is 1.60. The number of halogens is 1. The van der Waals surface area contributed by atoms with Crippen molar-refractivity contribution in [2.75, 3.05) is 32.1 Å². The third-order valence-corrected chi connectivity index (χ3v) is 7.30. The Morgan fingerprint density at radius 2 is 1.90 bits per heavy atom. The van der Waals surface area contributed by atoms with E-state index in [4.69, 9.17) is 4.74 Å². The fraction of sp³-hybridized carbons (Fsp3) is 0.368. The Balaban J connectivity index is 1.95. The average molecular weight is 484 g/mol. The number of ether oxygens (including phenoxy) is 1. The van der Waals surface area contributed by atoms with Crippen LogP contribution < -0.4 is 9.64 Å². The zero-order valence-corrected chi connectivity index (χ0v) is 18.6. The average Bonchev–Trinajstić information content (AvgIpc) is 3.23. The molecule has 0 saturated carbocycles. The van der Waals surface area contributed by atoms with Crippen molar-refractivity contribution in [3.8, 4) is 5.75 Å². The number of nitro benzene ring substituents is 1. The van der Waals surface area contributed by atoms with Gasteiger partial charge in [-0.3, -0.25) is 10.1 Å². The molecule has 2 aromatic rings. The Bertz CT molecular complexity index is 1020. The summed E-state index contributed by atoms with van der Waals surface area (Å²) in [7, 11) is -0.446. The van der Waals surface area contributed by atoms with E-state index in [2.05, 4.69) is 15.9 Å². The molecule has 0 aliphatic carbocycles. The van der Waals surface area contributed by atoms with E-state index in [9.17, 15) is 18.5 Å². The lowest BCUT2D eigenvalue weighted by Crippen LogP contribution is -2.28. The maximum absolute atomic E-state index is 12.8. The molecule has 1 aliphatic rings. The molecule has 1 aliphatic heterocycles. The van der Waals surface area contributed by atoms with Gasteiger partial charge in [-0.05, 0) is 43.2 Å². The van der Waals surface area contributed by atoms with E-state index in [1.165, 1.54) is 16.4 Å². The quantitative estimate of drug-likeness (QED) is 0.439. The Morgan fingerprint density at radius 3 is 2.52 bits per heavy atom. The summed E-state index contributed by atoms with van der Waals surface area (Å²) >= 11 is 3.42. The zero-order valence-electron chi connectivity index (χ0n) is 16.2. The van der Waals surface area contributed by atoms with Gasteiger partial charge >= 0.3 is 0 Å². The highest BCUT2D eigenvalue weighted by atomic mass is 79.9. The van der Waals surface area contributed by atoms with Gasteiger partial charge in [-0.1, -0.05) is 15.9 Å². The number of nitrogens with zero attached hydrogens (tertiary/aromatic N) is 3. The normalized spacial score (nSPS) is 14.7. The highest BCUT2D eigenvalue weighted by Gasteiger charge is 2.30. The number of anilines is 1. The minimum Gasteiger partial charge on any atom is -0.496 e. The van der Waals surface area contributed by atoms with Gasteiger partial charge in [0.25, 0.3) is 5.69 Å². The van der Waals surface area contributed by atoms with E-state index in [0.29, 0.717) is 31.1 Å². The van der Waals surface area contributed by atoms with Crippen LogP contribution in [0.2, 0.25) is 0 Å². The van der Waals surface area contributed by atoms with Gasteiger partial charge in [-0.25, -0.2) is 8.42 Å². The van der Waals surface area contributed by atoms with Gasteiger partial charge in [0.15, 0.2) is 0 Å². The van der Waals surface area contributed by atoms with Crippen molar-refractivity contribution in [1.82, 2.24) is 4.31 Å². The van der Waals surface area contributed by atoms with Crippen LogP contribution in [0.15, 0.2) is 45.8 Å². The molecule has 0 N–H and O–H groups in total. The van der Waals surface area contributed by atoms with Crippen LogP contribution in [0.25, 0.3) is 0 Å². The highest BCUT2D eigenvalue weighted by Crippen LogP contribution is 2.34. The monoisotopic (exact) mass is 483 g/mol. The summed E-state index contributed by atoms with van der Waals surface area (Å²) in [6, 6.07) is 9.62. The summed E-state index contributed by atoms with van der Waals surface area (Å²) < 4.78 is 33.2. The maximum Gasteiger partial charge on any atom is 0.293 e. The Hall–Kier alpha value is -2.17. The minimum atomic E-state index is -3.73. The lowest BCUT2D eigenvalue weighted by Gasteiger charge is -2.22. The first-order valence-corrected chi connectivity index (χ1v) is 11.3. The van der Waals surface area contributed by atoms with E-state index in [-0.39, 0.29) is 10.6 Å². The van der Waals surface area contributed by atoms with Crippen molar-refractivity contribution >= 4 is 37.3 Å². The van der Waals surface area contributed by atoms with Crippen molar-refractivity contribution in [2.24, 2.45) is 0 Å². The largest absolute Gasteiger partial charge is 0.496 e. The smallest absolute Gasteiger partial charge is 0.293 e. The van der Waals surface area contributed by atoms with E-state index in [0.717, 1.165) is 28.9 Å². The molecule has 1 saturated heterocycles. The van der Waals surface area contributed by atoms with Crippen molar-refractivity contribution < 1.29 is 18.1 Å². The molecule has 1 heterocycles. The number of benzene rings is 2.